The van der Waals surface area contributed by atoms with Crippen LogP contribution in [0.1, 0.15) is 27.7 Å². The van der Waals surface area contributed by atoms with Gasteiger partial charge in [0.1, 0.15) is 0 Å². The predicted molar refractivity (Wildman–Crippen MR) is 51.9 cm³/mol. The van der Waals surface area contributed by atoms with Crippen LogP contribution in [0.15, 0.2) is 0 Å². The van der Waals surface area contributed by atoms with Gasteiger partial charge < -0.3 is 10.2 Å². The molecule has 0 radical (unpaired) electrons. The van der Waals surface area contributed by atoms with Gasteiger partial charge in [0.15, 0.2) is 0 Å². The average molecular weight is 202 g/mol. The van der Waals surface area contributed by atoms with Crippen molar-refractivity contribution in [3.05, 3.63) is 0 Å². The lowest BCUT2D eigenvalue weighted by molar-refractivity contribution is -0.155. The summed E-state index contributed by atoms with van der Waals surface area (Å²) in [4.78, 5) is 21.6. The zero-order valence-corrected chi connectivity index (χ0v) is 9.02. The number of carboxylic acids is 2. The van der Waals surface area contributed by atoms with Crippen LogP contribution in [-0.2, 0) is 9.59 Å². The summed E-state index contributed by atoms with van der Waals surface area (Å²) in [6, 6.07) is 0. The first-order valence-electron chi connectivity index (χ1n) is 4.74. The van der Waals surface area contributed by atoms with Gasteiger partial charge in [-0.15, -0.1) is 0 Å². The van der Waals surface area contributed by atoms with Gasteiger partial charge in [0.25, 0.3) is 0 Å². The lowest BCUT2D eigenvalue weighted by Gasteiger charge is -2.26. The zero-order valence-electron chi connectivity index (χ0n) is 9.02. The SMILES string of the molecule is CC(C)C(C)C(C(=O)O)C(C)C(=O)O. The first-order valence-corrected chi connectivity index (χ1v) is 4.74. The molecule has 0 fully saturated rings. The van der Waals surface area contributed by atoms with Crippen molar-refractivity contribution in [2.75, 3.05) is 0 Å². The second kappa shape index (κ2) is 4.98. The van der Waals surface area contributed by atoms with E-state index >= 15 is 0 Å². The fourth-order valence-electron chi connectivity index (χ4n) is 1.46. The number of hydrogen-bond donors (Lipinski definition) is 2. The summed E-state index contributed by atoms with van der Waals surface area (Å²) < 4.78 is 0. The van der Waals surface area contributed by atoms with Crippen LogP contribution in [0.4, 0.5) is 0 Å². The van der Waals surface area contributed by atoms with Crippen molar-refractivity contribution < 1.29 is 19.8 Å². The van der Waals surface area contributed by atoms with Crippen LogP contribution in [0.2, 0.25) is 0 Å². The van der Waals surface area contributed by atoms with E-state index in [1.807, 2.05) is 13.8 Å². The molecule has 3 unspecified atom stereocenters. The molecule has 0 spiro atoms. The number of carboxylic acid groups (broad SMARTS) is 2. The first-order chi connectivity index (χ1) is 6.29. The Morgan fingerprint density at radius 2 is 1.36 bits per heavy atom. The lowest BCUT2D eigenvalue weighted by atomic mass is 9.78. The van der Waals surface area contributed by atoms with E-state index in [1.54, 1.807) is 6.92 Å². The lowest BCUT2D eigenvalue weighted by Crippen LogP contribution is -2.34. The van der Waals surface area contributed by atoms with Gasteiger partial charge >= 0.3 is 11.9 Å². The van der Waals surface area contributed by atoms with Crippen LogP contribution in [-0.4, -0.2) is 22.2 Å². The maximum absolute atomic E-state index is 10.9. The van der Waals surface area contributed by atoms with Gasteiger partial charge in [-0.25, -0.2) is 0 Å². The zero-order chi connectivity index (χ0) is 11.5. The monoisotopic (exact) mass is 202 g/mol. The third-order valence-electron chi connectivity index (χ3n) is 2.83. The van der Waals surface area contributed by atoms with Crippen LogP contribution < -0.4 is 0 Å². The maximum atomic E-state index is 10.9. The Kier molecular flexibility index (Phi) is 4.60. The second-order valence-electron chi connectivity index (χ2n) is 4.09. The largest absolute Gasteiger partial charge is 0.481 e. The third-order valence-corrected chi connectivity index (χ3v) is 2.83. The molecule has 0 rings (SSSR count). The Hall–Kier alpha value is -1.06. The molecule has 0 saturated carbocycles. The Morgan fingerprint density at radius 1 is 0.929 bits per heavy atom. The summed E-state index contributed by atoms with van der Waals surface area (Å²) >= 11 is 0. The predicted octanol–water partition coefficient (Wildman–Crippen LogP) is 1.70. The molecule has 0 aromatic rings. The van der Waals surface area contributed by atoms with Gasteiger partial charge in [0, 0.05) is 0 Å². The molecule has 0 bridgehead atoms. The summed E-state index contributed by atoms with van der Waals surface area (Å²) in [5.41, 5.74) is 0. The summed E-state index contributed by atoms with van der Waals surface area (Å²) in [6.07, 6.45) is 0. The minimum atomic E-state index is -1.05. The Morgan fingerprint density at radius 3 is 1.57 bits per heavy atom. The van der Waals surface area contributed by atoms with E-state index in [4.69, 9.17) is 10.2 Å². The molecule has 0 aliphatic carbocycles. The van der Waals surface area contributed by atoms with Gasteiger partial charge in [0.05, 0.1) is 11.8 Å². The summed E-state index contributed by atoms with van der Waals surface area (Å²) in [5.74, 6) is -3.71. The standard InChI is InChI=1S/C10H18O4/c1-5(2)6(3)8(10(13)14)7(4)9(11)12/h5-8H,1-4H3,(H,11,12)(H,13,14). The third kappa shape index (κ3) is 3.01. The topological polar surface area (TPSA) is 74.6 Å². The van der Waals surface area contributed by atoms with E-state index < -0.39 is 23.8 Å². The van der Waals surface area contributed by atoms with E-state index in [2.05, 4.69) is 0 Å². The molecular formula is C10H18O4. The Bertz CT molecular complexity index is 222. The minimum absolute atomic E-state index is 0.140. The van der Waals surface area contributed by atoms with Gasteiger partial charge in [-0.2, -0.15) is 0 Å². The van der Waals surface area contributed by atoms with Crippen molar-refractivity contribution in [1.82, 2.24) is 0 Å². The maximum Gasteiger partial charge on any atom is 0.307 e. The molecular weight excluding hydrogens is 184 g/mol. The van der Waals surface area contributed by atoms with Crippen LogP contribution in [0.3, 0.4) is 0 Å². The highest BCUT2D eigenvalue weighted by molar-refractivity contribution is 5.79. The molecule has 82 valence electrons. The molecule has 0 saturated heterocycles. The average Bonchev–Trinajstić information content (AvgIpc) is 2.03. The number of carbonyl (C=O) groups is 2. The van der Waals surface area contributed by atoms with Crippen molar-refractivity contribution in [3.63, 3.8) is 0 Å². The van der Waals surface area contributed by atoms with E-state index in [-0.39, 0.29) is 11.8 Å². The van der Waals surface area contributed by atoms with E-state index in [0.717, 1.165) is 0 Å². The normalized spacial score (nSPS) is 17.5. The molecule has 0 aliphatic rings. The fraction of sp³-hybridized carbons (Fsp3) is 0.800. The Balaban J connectivity index is 4.76. The second-order valence-corrected chi connectivity index (χ2v) is 4.09. The van der Waals surface area contributed by atoms with Crippen molar-refractivity contribution in [2.24, 2.45) is 23.7 Å². The number of rotatable bonds is 5. The molecule has 0 aromatic carbocycles. The molecule has 4 nitrogen and oxygen atoms in total. The van der Waals surface area contributed by atoms with Crippen LogP contribution in [0.25, 0.3) is 0 Å². The number of aliphatic carboxylic acids is 2. The van der Waals surface area contributed by atoms with E-state index in [1.165, 1.54) is 6.92 Å². The molecule has 14 heavy (non-hydrogen) atoms. The van der Waals surface area contributed by atoms with Crippen molar-refractivity contribution in [1.29, 1.82) is 0 Å². The highest BCUT2D eigenvalue weighted by atomic mass is 16.4. The smallest absolute Gasteiger partial charge is 0.307 e. The van der Waals surface area contributed by atoms with Crippen molar-refractivity contribution in [2.45, 2.75) is 27.7 Å². The highest BCUT2D eigenvalue weighted by Crippen LogP contribution is 2.27. The summed E-state index contributed by atoms with van der Waals surface area (Å²) in [7, 11) is 0. The van der Waals surface area contributed by atoms with Crippen LogP contribution in [0, 0.1) is 23.7 Å². The van der Waals surface area contributed by atoms with E-state index in [0.29, 0.717) is 0 Å². The van der Waals surface area contributed by atoms with Crippen molar-refractivity contribution >= 4 is 11.9 Å². The molecule has 2 N–H and O–H groups in total. The van der Waals surface area contributed by atoms with Gasteiger partial charge in [-0.1, -0.05) is 27.7 Å². The van der Waals surface area contributed by atoms with Crippen LogP contribution >= 0.6 is 0 Å². The molecule has 0 aliphatic heterocycles. The quantitative estimate of drug-likeness (QED) is 0.711. The summed E-state index contributed by atoms with van der Waals surface area (Å²) in [6.45, 7) is 7.02. The van der Waals surface area contributed by atoms with Gasteiger partial charge in [0.2, 0.25) is 0 Å². The molecule has 0 heterocycles. The van der Waals surface area contributed by atoms with Gasteiger partial charge in [-0.3, -0.25) is 9.59 Å². The van der Waals surface area contributed by atoms with Crippen molar-refractivity contribution in [3.8, 4) is 0 Å². The summed E-state index contributed by atoms with van der Waals surface area (Å²) in [5, 5.41) is 17.7. The molecule has 0 amide bonds. The molecule has 0 aromatic heterocycles. The highest BCUT2D eigenvalue weighted by Gasteiger charge is 2.35. The number of hydrogen-bond acceptors (Lipinski definition) is 2. The minimum Gasteiger partial charge on any atom is -0.481 e. The van der Waals surface area contributed by atoms with Gasteiger partial charge in [-0.05, 0) is 11.8 Å². The molecule has 3 atom stereocenters. The van der Waals surface area contributed by atoms with E-state index in [9.17, 15) is 9.59 Å². The first kappa shape index (κ1) is 12.9. The fourth-order valence-corrected chi connectivity index (χ4v) is 1.46. The molecule has 4 heteroatoms. The Labute approximate surface area is 83.9 Å². The van der Waals surface area contributed by atoms with Crippen LogP contribution in [0.5, 0.6) is 0 Å².